The fourth-order valence-electron chi connectivity index (χ4n) is 2.98. The third kappa shape index (κ3) is 4.39. The van der Waals surface area contributed by atoms with E-state index < -0.39 is 5.91 Å². The van der Waals surface area contributed by atoms with Crippen LogP contribution in [0.2, 0.25) is 0 Å². The number of nitrogen functional groups attached to an aromatic ring is 1. The van der Waals surface area contributed by atoms with Gasteiger partial charge in [0, 0.05) is 31.4 Å². The van der Waals surface area contributed by atoms with Gasteiger partial charge in [0.15, 0.2) is 18.1 Å². The van der Waals surface area contributed by atoms with Crippen molar-refractivity contribution >= 4 is 34.4 Å². The number of methoxy groups -OCH3 is 1. The lowest BCUT2D eigenvalue weighted by Gasteiger charge is -2.17. The molecule has 0 aliphatic carbocycles. The zero-order valence-electron chi connectivity index (χ0n) is 17.3. The maximum atomic E-state index is 13.0. The van der Waals surface area contributed by atoms with Gasteiger partial charge >= 0.3 is 0 Å². The largest absolute Gasteiger partial charge is 0.492 e. The Hall–Kier alpha value is -4.15. The van der Waals surface area contributed by atoms with Crippen LogP contribution in [-0.2, 0) is 11.3 Å². The summed E-state index contributed by atoms with van der Waals surface area (Å²) < 4.78 is 12.4. The molecular formula is C20H22N6O5. The average molecular weight is 426 g/mol. The molecule has 2 heterocycles. The van der Waals surface area contributed by atoms with Gasteiger partial charge in [0.05, 0.1) is 18.1 Å². The Morgan fingerprint density at radius 1 is 1.19 bits per heavy atom. The van der Waals surface area contributed by atoms with E-state index in [9.17, 15) is 14.4 Å². The number of pyridine rings is 1. The Bertz CT molecular complexity index is 1190. The van der Waals surface area contributed by atoms with E-state index in [2.05, 4.69) is 20.6 Å². The van der Waals surface area contributed by atoms with Crippen LogP contribution in [0.5, 0.6) is 11.5 Å². The zero-order valence-corrected chi connectivity index (χ0v) is 17.3. The van der Waals surface area contributed by atoms with Gasteiger partial charge in [0.2, 0.25) is 5.95 Å². The molecule has 2 aromatic heterocycles. The molecule has 11 nitrogen and oxygen atoms in total. The van der Waals surface area contributed by atoms with Crippen molar-refractivity contribution in [2.45, 2.75) is 13.5 Å². The molecule has 0 aliphatic rings. The van der Waals surface area contributed by atoms with Crippen molar-refractivity contribution in [3.8, 4) is 11.5 Å². The summed E-state index contributed by atoms with van der Waals surface area (Å²) in [5.41, 5.74) is 5.32. The molecule has 2 amide bonds. The van der Waals surface area contributed by atoms with E-state index in [0.29, 0.717) is 17.3 Å². The molecule has 0 aliphatic heterocycles. The number of nitrogens with zero attached hydrogens (tertiary/aromatic N) is 3. The van der Waals surface area contributed by atoms with Crippen LogP contribution in [0.15, 0.2) is 35.4 Å². The lowest BCUT2D eigenvalue weighted by molar-refractivity contribution is -0.122. The van der Waals surface area contributed by atoms with E-state index in [1.807, 2.05) is 0 Å². The number of ether oxygens (including phenoxy) is 2. The maximum Gasteiger partial charge on any atom is 0.260 e. The molecule has 0 unspecified atom stereocenters. The first-order valence-corrected chi connectivity index (χ1v) is 9.36. The maximum absolute atomic E-state index is 13.0. The number of aromatic nitrogens is 3. The quantitative estimate of drug-likeness (QED) is 0.501. The van der Waals surface area contributed by atoms with E-state index in [1.54, 1.807) is 25.1 Å². The monoisotopic (exact) mass is 426 g/mol. The molecule has 0 fully saturated rings. The number of hydrogen-bond donors (Lipinski definition) is 3. The Morgan fingerprint density at radius 3 is 2.52 bits per heavy atom. The SMILES string of the molecule is CCn1c(NC(=O)c2cnc(N)nc2)cc2c(OC)c(OCC(=O)NC)ccc2c1=O. The summed E-state index contributed by atoms with van der Waals surface area (Å²) >= 11 is 0. The van der Waals surface area contributed by atoms with Crippen molar-refractivity contribution in [2.75, 3.05) is 31.8 Å². The Morgan fingerprint density at radius 2 is 1.90 bits per heavy atom. The van der Waals surface area contributed by atoms with Crippen LogP contribution in [0.25, 0.3) is 10.8 Å². The Balaban J connectivity index is 2.08. The van der Waals surface area contributed by atoms with Crippen molar-refractivity contribution in [2.24, 2.45) is 0 Å². The number of anilines is 2. The lowest BCUT2D eigenvalue weighted by Crippen LogP contribution is -2.26. The molecule has 0 atom stereocenters. The van der Waals surface area contributed by atoms with Gasteiger partial charge in [-0.15, -0.1) is 0 Å². The molecule has 31 heavy (non-hydrogen) atoms. The van der Waals surface area contributed by atoms with Gasteiger partial charge in [0.25, 0.3) is 17.4 Å². The summed E-state index contributed by atoms with van der Waals surface area (Å²) in [6, 6.07) is 4.77. The van der Waals surface area contributed by atoms with Crippen molar-refractivity contribution in [3.63, 3.8) is 0 Å². The summed E-state index contributed by atoms with van der Waals surface area (Å²) in [7, 11) is 2.93. The minimum Gasteiger partial charge on any atom is -0.492 e. The molecule has 3 rings (SSSR count). The van der Waals surface area contributed by atoms with Crippen LogP contribution in [0.1, 0.15) is 17.3 Å². The summed E-state index contributed by atoms with van der Waals surface area (Å²) in [4.78, 5) is 44.8. The Labute approximate surface area is 177 Å². The smallest absolute Gasteiger partial charge is 0.260 e. The molecule has 0 spiro atoms. The van der Waals surface area contributed by atoms with Gasteiger partial charge in [-0.05, 0) is 25.1 Å². The first-order valence-electron chi connectivity index (χ1n) is 9.36. The summed E-state index contributed by atoms with van der Waals surface area (Å²) in [5.74, 6) is 0.0315. The van der Waals surface area contributed by atoms with E-state index >= 15 is 0 Å². The highest BCUT2D eigenvalue weighted by molar-refractivity contribution is 6.04. The second kappa shape index (κ2) is 9.11. The van der Waals surface area contributed by atoms with E-state index in [-0.39, 0.29) is 46.9 Å². The predicted octanol–water partition coefficient (Wildman–Crippen LogP) is 0.779. The van der Waals surface area contributed by atoms with Gasteiger partial charge in [-0.1, -0.05) is 0 Å². The van der Waals surface area contributed by atoms with Crippen LogP contribution in [0.4, 0.5) is 11.8 Å². The molecule has 0 saturated carbocycles. The van der Waals surface area contributed by atoms with Crippen LogP contribution >= 0.6 is 0 Å². The number of fused-ring (bicyclic) bond motifs is 1. The van der Waals surface area contributed by atoms with E-state index in [1.165, 1.54) is 31.1 Å². The minimum atomic E-state index is -0.507. The number of carbonyl (C=O) groups is 2. The van der Waals surface area contributed by atoms with Crippen molar-refractivity contribution in [1.29, 1.82) is 0 Å². The molecule has 0 radical (unpaired) electrons. The summed E-state index contributed by atoms with van der Waals surface area (Å²) in [6.45, 7) is 1.89. The van der Waals surface area contributed by atoms with Gasteiger partial charge in [-0.2, -0.15) is 0 Å². The van der Waals surface area contributed by atoms with Crippen LogP contribution in [0.3, 0.4) is 0 Å². The highest BCUT2D eigenvalue weighted by Crippen LogP contribution is 2.35. The van der Waals surface area contributed by atoms with E-state index in [4.69, 9.17) is 15.2 Å². The third-order valence-corrected chi connectivity index (χ3v) is 4.54. The second-order valence-electron chi connectivity index (χ2n) is 6.38. The topological polar surface area (TPSA) is 150 Å². The highest BCUT2D eigenvalue weighted by atomic mass is 16.5. The number of rotatable bonds is 7. The number of carbonyl (C=O) groups excluding carboxylic acids is 2. The lowest BCUT2D eigenvalue weighted by atomic mass is 10.1. The molecule has 11 heteroatoms. The van der Waals surface area contributed by atoms with Crippen LogP contribution in [-0.4, -0.2) is 47.1 Å². The van der Waals surface area contributed by atoms with Crippen molar-refractivity contribution in [3.05, 3.63) is 46.5 Å². The zero-order chi connectivity index (χ0) is 22.5. The molecular weight excluding hydrogens is 404 g/mol. The fourth-order valence-corrected chi connectivity index (χ4v) is 2.98. The number of hydrogen-bond acceptors (Lipinski definition) is 8. The first kappa shape index (κ1) is 21.6. The molecule has 162 valence electrons. The first-order chi connectivity index (χ1) is 14.9. The molecule has 0 bridgehead atoms. The predicted molar refractivity (Wildman–Crippen MR) is 114 cm³/mol. The number of amides is 2. The van der Waals surface area contributed by atoms with Crippen molar-refractivity contribution < 1.29 is 19.1 Å². The summed E-state index contributed by atoms with van der Waals surface area (Å²) in [6.07, 6.45) is 2.58. The van der Waals surface area contributed by atoms with Gasteiger partial charge in [-0.25, -0.2) is 9.97 Å². The number of nitrogens with one attached hydrogen (secondary N) is 2. The van der Waals surface area contributed by atoms with Gasteiger partial charge in [0.1, 0.15) is 5.82 Å². The van der Waals surface area contributed by atoms with Gasteiger partial charge < -0.3 is 25.8 Å². The number of likely N-dealkylation sites (N-methyl/N-ethyl adjacent to an activating group) is 1. The fraction of sp³-hybridized carbons (Fsp3) is 0.250. The van der Waals surface area contributed by atoms with E-state index in [0.717, 1.165) is 0 Å². The third-order valence-electron chi connectivity index (χ3n) is 4.54. The van der Waals surface area contributed by atoms with Gasteiger partial charge in [-0.3, -0.25) is 19.0 Å². The van der Waals surface area contributed by atoms with Crippen LogP contribution < -0.4 is 31.4 Å². The standard InChI is InChI=1S/C20H22N6O5/c1-4-26-15(25-18(28)11-8-23-20(21)24-9-11)7-13-12(19(26)29)5-6-14(17(13)30-3)31-10-16(27)22-2/h5-9H,4,10H2,1-3H3,(H,22,27)(H,25,28)(H2,21,23,24). The van der Waals surface area contributed by atoms with Crippen molar-refractivity contribution in [1.82, 2.24) is 19.9 Å². The minimum absolute atomic E-state index is 0.0433. The molecule has 3 aromatic rings. The molecule has 1 aromatic carbocycles. The average Bonchev–Trinajstić information content (AvgIpc) is 2.77. The van der Waals surface area contributed by atoms with Crippen LogP contribution in [0, 0.1) is 0 Å². The highest BCUT2D eigenvalue weighted by Gasteiger charge is 2.18. The number of benzene rings is 1. The normalized spacial score (nSPS) is 10.5. The number of nitrogens with two attached hydrogens (primary N) is 1. The second-order valence-corrected chi connectivity index (χ2v) is 6.38. The molecule has 0 saturated heterocycles. The summed E-state index contributed by atoms with van der Waals surface area (Å²) in [5, 5.41) is 5.96. The Kier molecular flexibility index (Phi) is 6.34. The molecule has 4 N–H and O–H groups in total.